The largest absolute Gasteiger partial charge is 0.488 e. The van der Waals surface area contributed by atoms with Gasteiger partial charge in [0.15, 0.2) is 0 Å². The van der Waals surface area contributed by atoms with Crippen molar-refractivity contribution in [1.82, 2.24) is 4.98 Å². The molecule has 3 heteroatoms. The molecule has 1 N–H and O–H groups in total. The number of rotatable bonds is 6. The molecule has 23 heavy (non-hydrogen) atoms. The molecule has 0 saturated heterocycles. The highest BCUT2D eigenvalue weighted by atomic mass is 16.5. The normalized spacial score (nSPS) is 18.5. The van der Waals surface area contributed by atoms with E-state index in [1.165, 1.54) is 22.0 Å². The van der Waals surface area contributed by atoms with Crippen LogP contribution >= 0.6 is 0 Å². The van der Waals surface area contributed by atoms with Crippen molar-refractivity contribution in [2.45, 2.75) is 32.8 Å². The van der Waals surface area contributed by atoms with Crippen molar-refractivity contribution >= 4 is 10.9 Å². The Balaban J connectivity index is 1.97. The summed E-state index contributed by atoms with van der Waals surface area (Å²) < 4.78 is 11.4. The highest BCUT2D eigenvalue weighted by Gasteiger charge is 2.18. The van der Waals surface area contributed by atoms with Crippen LogP contribution in [-0.2, 0) is 11.2 Å². The van der Waals surface area contributed by atoms with Crippen LogP contribution in [0.25, 0.3) is 10.9 Å². The minimum absolute atomic E-state index is 0.0383. The Kier molecular flexibility index (Phi) is 4.87. The molecule has 0 spiro atoms. The molecule has 2 unspecified atom stereocenters. The molecule has 1 aliphatic rings. The van der Waals surface area contributed by atoms with Gasteiger partial charge in [-0.15, -0.1) is 0 Å². The lowest BCUT2D eigenvalue weighted by molar-refractivity contribution is 0.0914. The molecular formula is C20H25NO2. The molecular weight excluding hydrogens is 286 g/mol. The van der Waals surface area contributed by atoms with Crippen LogP contribution in [0.5, 0.6) is 5.75 Å². The summed E-state index contributed by atoms with van der Waals surface area (Å²) >= 11 is 0. The summed E-state index contributed by atoms with van der Waals surface area (Å²) in [5.41, 5.74) is 3.72. The van der Waals surface area contributed by atoms with Crippen molar-refractivity contribution in [1.29, 1.82) is 0 Å². The second kappa shape index (κ2) is 7.05. The van der Waals surface area contributed by atoms with Gasteiger partial charge in [0.1, 0.15) is 11.9 Å². The van der Waals surface area contributed by atoms with Crippen LogP contribution in [0.3, 0.4) is 0 Å². The predicted molar refractivity (Wildman–Crippen MR) is 95.1 cm³/mol. The van der Waals surface area contributed by atoms with Crippen molar-refractivity contribution in [2.24, 2.45) is 5.92 Å². The molecule has 1 aliphatic carbocycles. The lowest BCUT2D eigenvalue weighted by atomic mass is 9.90. The summed E-state index contributed by atoms with van der Waals surface area (Å²) in [4.78, 5) is 3.36. The first-order valence-electron chi connectivity index (χ1n) is 8.27. The van der Waals surface area contributed by atoms with Gasteiger partial charge >= 0.3 is 0 Å². The zero-order valence-corrected chi connectivity index (χ0v) is 14.1. The standard InChI is InChI=1S/C20H25NO2/c1-14-11-19(23-15(2)13-22-3)18(17-9-10-21-20(14)17)12-16-7-5-4-6-8-16/h4-7,9-11,15-16,21H,8,12-13H2,1-3H3. The number of aromatic nitrogens is 1. The van der Waals surface area contributed by atoms with Crippen LogP contribution in [0.2, 0.25) is 0 Å². The molecule has 0 bridgehead atoms. The number of ether oxygens (including phenoxy) is 2. The van der Waals surface area contributed by atoms with Gasteiger partial charge in [-0.1, -0.05) is 24.3 Å². The van der Waals surface area contributed by atoms with Crippen LogP contribution < -0.4 is 4.74 Å². The Bertz CT molecular complexity index is 727. The minimum atomic E-state index is 0.0383. The molecule has 0 aliphatic heterocycles. The SMILES string of the molecule is COCC(C)Oc1cc(C)c2[nH]ccc2c1CC1C=CC=CC1. The maximum atomic E-state index is 6.20. The van der Waals surface area contributed by atoms with E-state index in [1.54, 1.807) is 7.11 Å². The third-order valence-corrected chi connectivity index (χ3v) is 4.38. The Labute approximate surface area is 138 Å². The summed E-state index contributed by atoms with van der Waals surface area (Å²) in [5, 5.41) is 1.27. The number of H-pyrrole nitrogens is 1. The second-order valence-electron chi connectivity index (χ2n) is 6.33. The molecule has 1 aromatic carbocycles. The first-order valence-corrected chi connectivity index (χ1v) is 8.27. The predicted octanol–water partition coefficient (Wildman–Crippen LogP) is 4.56. The lowest BCUT2D eigenvalue weighted by Gasteiger charge is -2.21. The van der Waals surface area contributed by atoms with Gasteiger partial charge in [-0.3, -0.25) is 0 Å². The fourth-order valence-corrected chi connectivity index (χ4v) is 3.28. The van der Waals surface area contributed by atoms with Gasteiger partial charge in [0.2, 0.25) is 0 Å². The number of benzene rings is 1. The molecule has 3 rings (SSSR count). The van der Waals surface area contributed by atoms with Gasteiger partial charge in [-0.25, -0.2) is 0 Å². The molecule has 0 amide bonds. The van der Waals surface area contributed by atoms with E-state index in [9.17, 15) is 0 Å². The highest BCUT2D eigenvalue weighted by molar-refractivity contribution is 5.88. The summed E-state index contributed by atoms with van der Waals surface area (Å²) in [7, 11) is 1.71. The Morgan fingerprint density at radius 2 is 2.22 bits per heavy atom. The number of aryl methyl sites for hydroxylation is 1. The molecule has 1 aromatic heterocycles. The van der Waals surface area contributed by atoms with Crippen LogP contribution in [0.1, 0.15) is 24.5 Å². The topological polar surface area (TPSA) is 34.2 Å². The van der Waals surface area contributed by atoms with E-state index in [0.29, 0.717) is 12.5 Å². The minimum Gasteiger partial charge on any atom is -0.488 e. The fourth-order valence-electron chi connectivity index (χ4n) is 3.28. The van der Waals surface area contributed by atoms with Gasteiger partial charge in [0, 0.05) is 29.8 Å². The van der Waals surface area contributed by atoms with Crippen LogP contribution in [0.15, 0.2) is 42.6 Å². The summed E-state index contributed by atoms with van der Waals surface area (Å²) in [6, 6.07) is 4.32. The summed E-state index contributed by atoms with van der Waals surface area (Å²) in [5.74, 6) is 1.52. The van der Waals surface area contributed by atoms with E-state index in [1.807, 2.05) is 13.1 Å². The maximum absolute atomic E-state index is 6.20. The first kappa shape index (κ1) is 15.9. The van der Waals surface area contributed by atoms with Gasteiger partial charge in [0.05, 0.1) is 6.61 Å². The Morgan fingerprint density at radius 1 is 1.35 bits per heavy atom. The fraction of sp³-hybridized carbons (Fsp3) is 0.400. The van der Waals surface area contributed by atoms with Crippen molar-refractivity contribution < 1.29 is 9.47 Å². The molecule has 0 radical (unpaired) electrons. The molecule has 1 heterocycles. The second-order valence-corrected chi connectivity index (χ2v) is 6.33. The van der Waals surface area contributed by atoms with Gasteiger partial charge in [0.25, 0.3) is 0 Å². The average Bonchev–Trinajstić information content (AvgIpc) is 3.02. The lowest BCUT2D eigenvalue weighted by Crippen LogP contribution is -2.19. The summed E-state index contributed by atoms with van der Waals surface area (Å²) in [6.45, 7) is 4.77. The molecule has 0 fully saturated rings. The van der Waals surface area contributed by atoms with E-state index in [2.05, 4.69) is 48.3 Å². The molecule has 2 atom stereocenters. The Morgan fingerprint density at radius 3 is 2.96 bits per heavy atom. The number of nitrogens with one attached hydrogen (secondary N) is 1. The van der Waals surface area contributed by atoms with Crippen LogP contribution in [0.4, 0.5) is 0 Å². The summed E-state index contributed by atoms with van der Waals surface area (Å²) in [6.07, 6.45) is 12.9. The molecule has 122 valence electrons. The number of methoxy groups -OCH3 is 1. The van der Waals surface area contributed by atoms with Crippen molar-refractivity contribution in [3.63, 3.8) is 0 Å². The third kappa shape index (κ3) is 3.50. The number of aromatic amines is 1. The maximum Gasteiger partial charge on any atom is 0.124 e. The molecule has 0 saturated carbocycles. The third-order valence-electron chi connectivity index (χ3n) is 4.38. The van der Waals surface area contributed by atoms with Crippen molar-refractivity contribution in [3.05, 3.63) is 53.8 Å². The number of allylic oxidation sites excluding steroid dienone is 4. The highest BCUT2D eigenvalue weighted by Crippen LogP contribution is 2.34. The van der Waals surface area contributed by atoms with E-state index in [0.717, 1.165) is 18.6 Å². The van der Waals surface area contributed by atoms with Crippen molar-refractivity contribution in [2.75, 3.05) is 13.7 Å². The average molecular weight is 311 g/mol. The Hall–Kier alpha value is -2.00. The molecule has 3 nitrogen and oxygen atoms in total. The first-order chi connectivity index (χ1) is 11.2. The monoisotopic (exact) mass is 311 g/mol. The quantitative estimate of drug-likeness (QED) is 0.848. The van der Waals surface area contributed by atoms with E-state index in [-0.39, 0.29) is 6.10 Å². The number of hydrogen-bond acceptors (Lipinski definition) is 2. The zero-order valence-electron chi connectivity index (χ0n) is 14.1. The van der Waals surface area contributed by atoms with Crippen LogP contribution in [-0.4, -0.2) is 24.8 Å². The van der Waals surface area contributed by atoms with Crippen LogP contribution in [0, 0.1) is 12.8 Å². The molecule has 2 aromatic rings. The van der Waals surface area contributed by atoms with Crippen molar-refractivity contribution in [3.8, 4) is 5.75 Å². The van der Waals surface area contributed by atoms with Gasteiger partial charge in [-0.2, -0.15) is 0 Å². The number of fused-ring (bicyclic) bond motifs is 1. The van der Waals surface area contributed by atoms with E-state index >= 15 is 0 Å². The smallest absolute Gasteiger partial charge is 0.124 e. The zero-order chi connectivity index (χ0) is 16.2. The van der Waals surface area contributed by atoms with Gasteiger partial charge in [-0.05, 0) is 50.3 Å². The number of hydrogen-bond donors (Lipinski definition) is 1. The van der Waals surface area contributed by atoms with E-state index in [4.69, 9.17) is 9.47 Å². The van der Waals surface area contributed by atoms with Gasteiger partial charge < -0.3 is 14.5 Å². The van der Waals surface area contributed by atoms with E-state index < -0.39 is 0 Å².